The highest BCUT2D eigenvalue weighted by atomic mass is 16.6. The third kappa shape index (κ3) is 6.35. The van der Waals surface area contributed by atoms with Crippen LogP contribution in [0.15, 0.2) is 24.3 Å². The maximum Gasteiger partial charge on any atom is 0.269 e. The summed E-state index contributed by atoms with van der Waals surface area (Å²) in [5.41, 5.74) is 0.999. The molecule has 0 radical (unpaired) electrons. The number of carbonyl (C=O) groups is 2. The van der Waals surface area contributed by atoms with Crippen molar-refractivity contribution < 1.29 is 24.0 Å². The average molecular weight is 490 g/mol. The molecule has 192 valence electrons. The second kappa shape index (κ2) is 11.9. The summed E-state index contributed by atoms with van der Waals surface area (Å²) in [7, 11) is 1.48. The Labute approximate surface area is 205 Å². The van der Waals surface area contributed by atoms with Crippen molar-refractivity contribution in [2.45, 2.75) is 44.0 Å². The zero-order valence-electron chi connectivity index (χ0n) is 20.3. The standard InChI is InChI=1S/C24H35N5O6/c1-34-17-23(30)28-15-20(13-22(28)24(31)26-10-8-25-9-11-26)27(16-21-3-2-12-35-21)14-18-4-6-19(7-5-18)29(32)33/h4-7,20-22,25H,2-3,8-17H2,1H3. The van der Waals surface area contributed by atoms with E-state index >= 15 is 0 Å². The van der Waals surface area contributed by atoms with Crippen LogP contribution in [0.1, 0.15) is 24.8 Å². The number of nitrogens with zero attached hydrogens (tertiary/aromatic N) is 4. The van der Waals surface area contributed by atoms with E-state index in [1.165, 1.54) is 19.2 Å². The Balaban J connectivity index is 1.53. The fourth-order valence-corrected chi connectivity index (χ4v) is 5.24. The number of piperazine rings is 1. The molecular formula is C24H35N5O6. The number of amides is 2. The van der Waals surface area contributed by atoms with Gasteiger partial charge in [-0.1, -0.05) is 12.1 Å². The van der Waals surface area contributed by atoms with Crippen LogP contribution < -0.4 is 5.32 Å². The Kier molecular flexibility index (Phi) is 8.66. The molecule has 3 fully saturated rings. The maximum atomic E-state index is 13.4. The molecule has 0 aliphatic carbocycles. The number of nitro benzene ring substituents is 1. The summed E-state index contributed by atoms with van der Waals surface area (Å²) in [6, 6.07) is 6.01. The fourth-order valence-electron chi connectivity index (χ4n) is 5.24. The lowest BCUT2D eigenvalue weighted by Crippen LogP contribution is -2.53. The van der Waals surface area contributed by atoms with Gasteiger partial charge in [-0.3, -0.25) is 24.6 Å². The van der Waals surface area contributed by atoms with Gasteiger partial charge >= 0.3 is 0 Å². The van der Waals surface area contributed by atoms with Gasteiger partial charge in [-0.15, -0.1) is 0 Å². The summed E-state index contributed by atoms with van der Waals surface area (Å²) >= 11 is 0. The molecule has 4 rings (SSSR count). The highest BCUT2D eigenvalue weighted by Crippen LogP contribution is 2.28. The summed E-state index contributed by atoms with van der Waals surface area (Å²) in [6.07, 6.45) is 2.62. The van der Waals surface area contributed by atoms with Crippen molar-refractivity contribution in [3.05, 3.63) is 39.9 Å². The van der Waals surface area contributed by atoms with Crippen molar-refractivity contribution >= 4 is 17.5 Å². The van der Waals surface area contributed by atoms with Gasteiger partial charge in [0.1, 0.15) is 12.6 Å². The molecule has 3 unspecified atom stereocenters. The zero-order chi connectivity index (χ0) is 24.8. The summed E-state index contributed by atoms with van der Waals surface area (Å²) in [4.78, 5) is 42.8. The number of non-ortho nitro benzene ring substituents is 1. The second-order valence-electron chi connectivity index (χ2n) is 9.45. The molecule has 3 heterocycles. The molecular weight excluding hydrogens is 454 g/mol. The van der Waals surface area contributed by atoms with Crippen LogP contribution in [0.2, 0.25) is 0 Å². The number of methoxy groups -OCH3 is 1. The van der Waals surface area contributed by atoms with Crippen molar-refractivity contribution in [3.63, 3.8) is 0 Å². The Morgan fingerprint density at radius 1 is 1.26 bits per heavy atom. The smallest absolute Gasteiger partial charge is 0.269 e. The molecule has 3 atom stereocenters. The molecule has 35 heavy (non-hydrogen) atoms. The van der Waals surface area contributed by atoms with Crippen LogP contribution in [-0.4, -0.2) is 109 Å². The van der Waals surface area contributed by atoms with E-state index in [2.05, 4.69) is 10.2 Å². The molecule has 1 aromatic carbocycles. The fraction of sp³-hybridized carbons (Fsp3) is 0.667. The molecule has 3 saturated heterocycles. The monoisotopic (exact) mass is 489 g/mol. The van der Waals surface area contributed by atoms with Crippen molar-refractivity contribution in [1.29, 1.82) is 0 Å². The molecule has 11 nitrogen and oxygen atoms in total. The van der Waals surface area contributed by atoms with E-state index in [1.54, 1.807) is 17.0 Å². The van der Waals surface area contributed by atoms with E-state index in [0.717, 1.165) is 38.1 Å². The minimum atomic E-state index is -0.524. The number of nitrogens with one attached hydrogen (secondary N) is 1. The molecule has 0 aromatic heterocycles. The van der Waals surface area contributed by atoms with E-state index in [1.807, 2.05) is 4.90 Å². The molecule has 1 aromatic rings. The Bertz CT molecular complexity index is 885. The van der Waals surface area contributed by atoms with Gasteiger partial charge in [0.15, 0.2) is 0 Å². The molecule has 2 amide bonds. The predicted molar refractivity (Wildman–Crippen MR) is 128 cm³/mol. The van der Waals surface area contributed by atoms with Crippen LogP contribution in [0.25, 0.3) is 0 Å². The van der Waals surface area contributed by atoms with Crippen LogP contribution in [0, 0.1) is 10.1 Å². The lowest BCUT2D eigenvalue weighted by Gasteiger charge is -2.32. The lowest BCUT2D eigenvalue weighted by molar-refractivity contribution is -0.384. The first-order valence-electron chi connectivity index (χ1n) is 12.3. The minimum Gasteiger partial charge on any atom is -0.377 e. The first-order chi connectivity index (χ1) is 17.0. The number of ether oxygens (including phenoxy) is 2. The minimum absolute atomic E-state index is 0.00847. The summed E-state index contributed by atoms with van der Waals surface area (Å²) in [5, 5.41) is 14.3. The molecule has 1 N–H and O–H groups in total. The van der Waals surface area contributed by atoms with Crippen molar-refractivity contribution in [1.82, 2.24) is 20.0 Å². The molecule has 0 saturated carbocycles. The number of nitro groups is 1. The normalized spacial score (nSPS) is 24.8. The number of rotatable bonds is 9. The van der Waals surface area contributed by atoms with E-state index in [4.69, 9.17) is 9.47 Å². The number of benzene rings is 1. The quantitative estimate of drug-likeness (QED) is 0.396. The highest BCUT2D eigenvalue weighted by Gasteiger charge is 2.43. The third-order valence-corrected chi connectivity index (χ3v) is 7.09. The van der Waals surface area contributed by atoms with Gasteiger partial charge < -0.3 is 24.6 Å². The van der Waals surface area contributed by atoms with Crippen molar-refractivity contribution in [3.8, 4) is 0 Å². The SMILES string of the molecule is COCC(=O)N1CC(N(Cc2ccc([N+](=O)[O-])cc2)CC2CCCO2)CC1C(=O)N1CCNCC1. The van der Waals surface area contributed by atoms with Crippen molar-refractivity contribution in [2.24, 2.45) is 0 Å². The van der Waals surface area contributed by atoms with Gasteiger partial charge in [0.2, 0.25) is 11.8 Å². The van der Waals surface area contributed by atoms with Gasteiger partial charge in [0.05, 0.1) is 11.0 Å². The summed E-state index contributed by atoms with van der Waals surface area (Å²) in [6.45, 7) is 5.12. The van der Waals surface area contributed by atoms with E-state index in [0.29, 0.717) is 39.1 Å². The van der Waals surface area contributed by atoms with Crippen LogP contribution in [0.4, 0.5) is 5.69 Å². The first-order valence-corrected chi connectivity index (χ1v) is 12.3. The number of likely N-dealkylation sites (tertiary alicyclic amines) is 1. The number of carbonyl (C=O) groups excluding carboxylic acids is 2. The zero-order valence-corrected chi connectivity index (χ0v) is 20.3. The molecule has 3 aliphatic rings. The van der Waals surface area contributed by atoms with Gasteiger partial charge in [-0.2, -0.15) is 0 Å². The third-order valence-electron chi connectivity index (χ3n) is 7.09. The predicted octanol–water partition coefficient (Wildman–Crippen LogP) is 0.624. The van der Waals surface area contributed by atoms with Crippen LogP contribution in [0.3, 0.4) is 0 Å². The second-order valence-corrected chi connectivity index (χ2v) is 9.45. The Morgan fingerprint density at radius 3 is 2.63 bits per heavy atom. The Hall–Kier alpha value is -2.60. The van der Waals surface area contributed by atoms with Crippen LogP contribution in [0.5, 0.6) is 0 Å². The van der Waals surface area contributed by atoms with E-state index < -0.39 is 11.0 Å². The maximum absolute atomic E-state index is 13.4. The summed E-state index contributed by atoms with van der Waals surface area (Å²) in [5.74, 6) is -0.193. The van der Waals surface area contributed by atoms with Crippen LogP contribution in [-0.2, 0) is 25.6 Å². The number of hydrogen-bond acceptors (Lipinski definition) is 8. The van der Waals surface area contributed by atoms with E-state index in [9.17, 15) is 19.7 Å². The lowest BCUT2D eigenvalue weighted by atomic mass is 10.1. The largest absolute Gasteiger partial charge is 0.377 e. The van der Waals surface area contributed by atoms with Gasteiger partial charge in [0, 0.05) is 77.7 Å². The van der Waals surface area contributed by atoms with Gasteiger partial charge in [-0.05, 0) is 24.8 Å². The van der Waals surface area contributed by atoms with Gasteiger partial charge in [0.25, 0.3) is 5.69 Å². The number of hydrogen-bond donors (Lipinski definition) is 1. The molecule has 3 aliphatic heterocycles. The Morgan fingerprint density at radius 2 is 2.00 bits per heavy atom. The summed E-state index contributed by atoms with van der Waals surface area (Å²) < 4.78 is 11.0. The first kappa shape index (κ1) is 25.5. The van der Waals surface area contributed by atoms with Crippen LogP contribution >= 0.6 is 0 Å². The topological polar surface area (TPSA) is 117 Å². The molecule has 0 bridgehead atoms. The average Bonchev–Trinajstić information content (AvgIpc) is 3.54. The molecule has 0 spiro atoms. The highest BCUT2D eigenvalue weighted by molar-refractivity contribution is 5.89. The van der Waals surface area contributed by atoms with Gasteiger partial charge in [-0.25, -0.2) is 0 Å². The van der Waals surface area contributed by atoms with Crippen molar-refractivity contribution in [2.75, 3.05) is 59.6 Å². The van der Waals surface area contributed by atoms with E-state index in [-0.39, 0.29) is 36.3 Å². The molecule has 11 heteroatoms.